The molecule has 0 saturated carbocycles. The third-order valence-corrected chi connectivity index (χ3v) is 3.99. The number of hydrogen-bond acceptors (Lipinski definition) is 3. The molecular weight excluding hydrogens is 331 g/mol. The van der Waals surface area contributed by atoms with E-state index in [1.807, 2.05) is 0 Å². The van der Waals surface area contributed by atoms with Crippen molar-refractivity contribution in [2.75, 3.05) is 0 Å². The second-order valence-corrected chi connectivity index (χ2v) is 5.66. The third kappa shape index (κ3) is 3.53. The first kappa shape index (κ1) is 17.5. The fourth-order valence-corrected chi connectivity index (χ4v) is 2.61. The van der Waals surface area contributed by atoms with Gasteiger partial charge in [0.1, 0.15) is 5.82 Å². The fraction of sp³-hybridized carbons (Fsp3) is 0.0476. The Labute approximate surface area is 150 Å². The van der Waals surface area contributed by atoms with Gasteiger partial charge in [-0.15, -0.1) is 0 Å². The SMILES string of the molecule is O=C(N/N=C\c1ccccc1F)C(O)(c1ccccc1)c1ccccc1. The first-order valence-corrected chi connectivity index (χ1v) is 8.04. The molecule has 0 aromatic heterocycles. The summed E-state index contributed by atoms with van der Waals surface area (Å²) in [6, 6.07) is 23.2. The van der Waals surface area contributed by atoms with Gasteiger partial charge in [-0.05, 0) is 17.2 Å². The number of amides is 1. The summed E-state index contributed by atoms with van der Waals surface area (Å²) in [6.07, 6.45) is 1.20. The molecule has 5 heteroatoms. The van der Waals surface area contributed by atoms with Gasteiger partial charge in [-0.3, -0.25) is 4.79 Å². The maximum Gasteiger partial charge on any atom is 0.281 e. The highest BCUT2D eigenvalue weighted by Crippen LogP contribution is 2.29. The van der Waals surface area contributed by atoms with Gasteiger partial charge < -0.3 is 5.11 Å². The Bertz CT molecular complexity index is 872. The molecule has 130 valence electrons. The third-order valence-electron chi connectivity index (χ3n) is 3.99. The van der Waals surface area contributed by atoms with Crippen molar-refractivity contribution in [3.8, 4) is 0 Å². The van der Waals surface area contributed by atoms with E-state index >= 15 is 0 Å². The lowest BCUT2D eigenvalue weighted by Crippen LogP contribution is -2.43. The highest BCUT2D eigenvalue weighted by Gasteiger charge is 2.39. The standard InChI is InChI=1S/C21H17FN2O2/c22-19-14-8-7-9-16(19)15-23-24-20(25)21(26,17-10-3-1-4-11-17)18-12-5-2-6-13-18/h1-15,26H,(H,24,25)/b23-15-. The molecule has 0 radical (unpaired) electrons. The molecular formula is C21H17FN2O2. The van der Waals surface area contributed by atoms with Crippen LogP contribution in [0.25, 0.3) is 0 Å². The molecule has 1 amide bonds. The predicted octanol–water partition coefficient (Wildman–Crippen LogP) is 3.21. The van der Waals surface area contributed by atoms with Gasteiger partial charge in [0.05, 0.1) is 6.21 Å². The minimum atomic E-state index is -1.92. The summed E-state index contributed by atoms with van der Waals surface area (Å²) in [6.45, 7) is 0. The van der Waals surface area contributed by atoms with Gasteiger partial charge in [-0.2, -0.15) is 5.10 Å². The van der Waals surface area contributed by atoms with Crippen molar-refractivity contribution in [2.45, 2.75) is 5.60 Å². The number of aliphatic hydroxyl groups is 1. The maximum atomic E-state index is 13.6. The molecule has 0 atom stereocenters. The average Bonchev–Trinajstić information content (AvgIpc) is 2.70. The molecule has 4 nitrogen and oxygen atoms in total. The molecule has 3 aromatic rings. The van der Waals surface area contributed by atoms with Crippen LogP contribution >= 0.6 is 0 Å². The van der Waals surface area contributed by atoms with Crippen LogP contribution in [0.4, 0.5) is 4.39 Å². The average molecular weight is 348 g/mol. The number of nitrogens with zero attached hydrogens (tertiary/aromatic N) is 1. The van der Waals surface area contributed by atoms with Crippen LogP contribution in [-0.4, -0.2) is 17.2 Å². The van der Waals surface area contributed by atoms with Crippen LogP contribution in [-0.2, 0) is 10.4 Å². The van der Waals surface area contributed by atoms with Gasteiger partial charge in [0.25, 0.3) is 5.91 Å². The van der Waals surface area contributed by atoms with Gasteiger partial charge in [0, 0.05) is 5.56 Å². The van der Waals surface area contributed by atoms with Gasteiger partial charge in [-0.25, -0.2) is 9.82 Å². The molecule has 0 fully saturated rings. The van der Waals surface area contributed by atoms with E-state index in [4.69, 9.17) is 0 Å². The van der Waals surface area contributed by atoms with E-state index < -0.39 is 17.3 Å². The Balaban J connectivity index is 1.90. The summed E-state index contributed by atoms with van der Waals surface area (Å²) >= 11 is 0. The van der Waals surface area contributed by atoms with Crippen molar-refractivity contribution >= 4 is 12.1 Å². The molecule has 3 rings (SSSR count). The van der Waals surface area contributed by atoms with Crippen molar-refractivity contribution in [1.29, 1.82) is 0 Å². The summed E-state index contributed by atoms with van der Waals surface area (Å²) in [5.41, 5.74) is 1.43. The maximum absolute atomic E-state index is 13.6. The fourth-order valence-electron chi connectivity index (χ4n) is 2.61. The van der Waals surface area contributed by atoms with Crippen molar-refractivity contribution in [3.05, 3.63) is 107 Å². The topological polar surface area (TPSA) is 61.7 Å². The van der Waals surface area contributed by atoms with E-state index in [-0.39, 0.29) is 5.56 Å². The molecule has 0 spiro atoms. The molecule has 0 bridgehead atoms. The first-order chi connectivity index (χ1) is 12.6. The van der Waals surface area contributed by atoms with Crippen molar-refractivity contribution < 1.29 is 14.3 Å². The van der Waals surface area contributed by atoms with E-state index in [0.29, 0.717) is 11.1 Å². The lowest BCUT2D eigenvalue weighted by atomic mass is 9.85. The van der Waals surface area contributed by atoms with E-state index in [2.05, 4.69) is 10.5 Å². The van der Waals surface area contributed by atoms with Crippen molar-refractivity contribution in [1.82, 2.24) is 5.43 Å². The highest BCUT2D eigenvalue weighted by atomic mass is 19.1. The molecule has 26 heavy (non-hydrogen) atoms. The van der Waals surface area contributed by atoms with Crippen LogP contribution in [0.2, 0.25) is 0 Å². The van der Waals surface area contributed by atoms with Crippen LogP contribution in [0.3, 0.4) is 0 Å². The lowest BCUT2D eigenvalue weighted by molar-refractivity contribution is -0.136. The van der Waals surface area contributed by atoms with E-state index in [1.54, 1.807) is 72.8 Å². The summed E-state index contributed by atoms with van der Waals surface area (Å²) in [5.74, 6) is -1.19. The Kier molecular flexibility index (Phi) is 5.20. The monoisotopic (exact) mass is 348 g/mol. The van der Waals surface area contributed by atoms with E-state index in [0.717, 1.165) is 0 Å². The second-order valence-electron chi connectivity index (χ2n) is 5.66. The lowest BCUT2D eigenvalue weighted by Gasteiger charge is -2.27. The normalized spacial score (nSPS) is 11.5. The minimum Gasteiger partial charge on any atom is -0.372 e. The molecule has 0 aliphatic carbocycles. The summed E-state index contributed by atoms with van der Waals surface area (Å²) < 4.78 is 13.6. The minimum absolute atomic E-state index is 0.232. The van der Waals surface area contributed by atoms with Crippen LogP contribution < -0.4 is 5.43 Å². The number of halogens is 1. The van der Waals surface area contributed by atoms with Crippen LogP contribution in [0, 0.1) is 5.82 Å². The summed E-state index contributed by atoms with van der Waals surface area (Å²) in [7, 11) is 0. The molecule has 0 saturated heterocycles. The number of rotatable bonds is 5. The van der Waals surface area contributed by atoms with E-state index in [9.17, 15) is 14.3 Å². The molecule has 2 N–H and O–H groups in total. The number of carbonyl (C=O) groups is 1. The van der Waals surface area contributed by atoms with Crippen LogP contribution in [0.1, 0.15) is 16.7 Å². The van der Waals surface area contributed by atoms with Gasteiger partial charge in [-0.1, -0.05) is 78.9 Å². The van der Waals surface area contributed by atoms with Crippen molar-refractivity contribution in [3.63, 3.8) is 0 Å². The quantitative estimate of drug-likeness (QED) is 0.549. The Morgan fingerprint density at radius 1 is 0.885 bits per heavy atom. The Morgan fingerprint density at radius 2 is 1.38 bits per heavy atom. The second kappa shape index (κ2) is 7.72. The summed E-state index contributed by atoms with van der Waals surface area (Å²) in [4.78, 5) is 12.8. The van der Waals surface area contributed by atoms with Crippen LogP contribution in [0.5, 0.6) is 0 Å². The number of hydrogen-bond donors (Lipinski definition) is 2. The predicted molar refractivity (Wildman–Crippen MR) is 98.0 cm³/mol. The van der Waals surface area contributed by atoms with Gasteiger partial charge in [0.15, 0.2) is 5.60 Å². The smallest absolute Gasteiger partial charge is 0.281 e. The number of nitrogens with one attached hydrogen (secondary N) is 1. The van der Waals surface area contributed by atoms with Gasteiger partial charge in [0.2, 0.25) is 0 Å². The molecule has 0 unspecified atom stereocenters. The van der Waals surface area contributed by atoms with Crippen LogP contribution in [0.15, 0.2) is 90.0 Å². The Hall–Kier alpha value is -3.31. The Morgan fingerprint density at radius 3 is 1.92 bits per heavy atom. The first-order valence-electron chi connectivity index (χ1n) is 8.04. The summed E-state index contributed by atoms with van der Waals surface area (Å²) in [5, 5.41) is 15.0. The number of benzene rings is 3. The number of carbonyl (C=O) groups excluding carboxylic acids is 1. The van der Waals surface area contributed by atoms with E-state index in [1.165, 1.54) is 18.3 Å². The number of hydrazone groups is 1. The molecule has 0 aliphatic rings. The van der Waals surface area contributed by atoms with Crippen molar-refractivity contribution in [2.24, 2.45) is 5.10 Å². The molecule has 0 heterocycles. The highest BCUT2D eigenvalue weighted by molar-refractivity contribution is 5.91. The largest absolute Gasteiger partial charge is 0.372 e. The molecule has 0 aliphatic heterocycles. The zero-order valence-corrected chi connectivity index (χ0v) is 13.8. The zero-order valence-electron chi connectivity index (χ0n) is 13.8. The van der Waals surface area contributed by atoms with Gasteiger partial charge >= 0.3 is 0 Å². The molecule has 3 aromatic carbocycles. The zero-order chi connectivity index (χ0) is 18.4.